The number of rotatable bonds is 4. The van der Waals surface area contributed by atoms with Gasteiger partial charge in [-0.05, 0) is 23.6 Å². The summed E-state index contributed by atoms with van der Waals surface area (Å²) < 4.78 is 5.20. The number of carbonyl (C=O) groups excluding carboxylic acids is 1. The Balaban J connectivity index is 1.74. The van der Waals surface area contributed by atoms with Crippen LogP contribution >= 0.6 is 0 Å². The quantitative estimate of drug-likeness (QED) is 0.772. The highest BCUT2D eigenvalue weighted by molar-refractivity contribution is 6.03. The van der Waals surface area contributed by atoms with Gasteiger partial charge in [0.15, 0.2) is 0 Å². The first kappa shape index (κ1) is 13.2. The molecule has 1 heterocycles. The lowest BCUT2D eigenvalue weighted by Gasteiger charge is -2.08. The number of fused-ring (bicyclic) bond motifs is 1. The molecule has 0 saturated heterocycles. The molecule has 0 aliphatic carbocycles. The molecule has 0 atom stereocenters. The van der Waals surface area contributed by atoms with Gasteiger partial charge in [-0.3, -0.25) is 4.79 Å². The predicted molar refractivity (Wildman–Crippen MR) is 80.4 cm³/mol. The van der Waals surface area contributed by atoms with Crippen molar-refractivity contribution < 1.29 is 14.3 Å². The van der Waals surface area contributed by atoms with Gasteiger partial charge in [0.2, 0.25) is 0 Å². The highest BCUT2D eigenvalue weighted by Gasteiger charge is 2.13. The lowest BCUT2D eigenvalue weighted by atomic mass is 10.0. The van der Waals surface area contributed by atoms with Gasteiger partial charge in [0, 0.05) is 18.4 Å². The number of amides is 1. The number of carbonyl (C=O) groups is 1. The number of benzene rings is 2. The van der Waals surface area contributed by atoms with Crippen LogP contribution in [0.2, 0.25) is 0 Å². The maximum absolute atomic E-state index is 12.1. The Bertz CT molecular complexity index is 763. The van der Waals surface area contributed by atoms with Crippen molar-refractivity contribution in [1.82, 2.24) is 5.32 Å². The van der Waals surface area contributed by atoms with Crippen molar-refractivity contribution in [3.8, 4) is 5.75 Å². The van der Waals surface area contributed by atoms with Crippen LogP contribution in [-0.4, -0.2) is 17.6 Å². The summed E-state index contributed by atoms with van der Waals surface area (Å²) in [6.45, 7) is 0.457. The third-order valence-electron chi connectivity index (χ3n) is 3.38. The first-order chi connectivity index (χ1) is 10.3. The van der Waals surface area contributed by atoms with E-state index in [9.17, 15) is 9.90 Å². The van der Waals surface area contributed by atoms with Gasteiger partial charge in [-0.2, -0.15) is 0 Å². The second-order valence-corrected chi connectivity index (χ2v) is 4.77. The topological polar surface area (TPSA) is 62.5 Å². The fraction of sp³-hybridized carbons (Fsp3) is 0.118. The minimum Gasteiger partial charge on any atom is -0.506 e. The molecule has 1 aromatic heterocycles. The van der Waals surface area contributed by atoms with E-state index < -0.39 is 0 Å². The van der Waals surface area contributed by atoms with Crippen molar-refractivity contribution in [2.24, 2.45) is 0 Å². The molecule has 3 aromatic rings. The molecule has 0 spiro atoms. The van der Waals surface area contributed by atoms with Crippen molar-refractivity contribution in [1.29, 1.82) is 0 Å². The molecular weight excluding hydrogens is 266 g/mol. The van der Waals surface area contributed by atoms with E-state index in [-0.39, 0.29) is 17.2 Å². The van der Waals surface area contributed by atoms with Crippen molar-refractivity contribution in [2.75, 3.05) is 6.54 Å². The Labute approximate surface area is 122 Å². The summed E-state index contributed by atoms with van der Waals surface area (Å²) in [6.07, 6.45) is 2.22. The van der Waals surface area contributed by atoms with Crippen LogP contribution in [0.25, 0.3) is 10.8 Å². The summed E-state index contributed by atoms with van der Waals surface area (Å²) >= 11 is 0. The average Bonchev–Trinajstić information content (AvgIpc) is 3.01. The van der Waals surface area contributed by atoms with Gasteiger partial charge < -0.3 is 14.8 Å². The SMILES string of the molecule is O=C(NCCc1ccco1)c1ccc2ccccc2c1O. The van der Waals surface area contributed by atoms with Crippen molar-refractivity contribution in [2.45, 2.75) is 6.42 Å². The Morgan fingerprint density at radius 3 is 2.76 bits per heavy atom. The zero-order chi connectivity index (χ0) is 14.7. The van der Waals surface area contributed by atoms with Gasteiger partial charge in [-0.25, -0.2) is 0 Å². The maximum Gasteiger partial charge on any atom is 0.255 e. The molecule has 106 valence electrons. The maximum atomic E-state index is 12.1. The van der Waals surface area contributed by atoms with E-state index in [1.807, 2.05) is 36.4 Å². The molecule has 0 unspecified atom stereocenters. The van der Waals surface area contributed by atoms with Crippen LogP contribution in [0.3, 0.4) is 0 Å². The highest BCUT2D eigenvalue weighted by atomic mass is 16.3. The zero-order valence-corrected chi connectivity index (χ0v) is 11.4. The zero-order valence-electron chi connectivity index (χ0n) is 11.4. The molecule has 3 rings (SSSR count). The van der Waals surface area contributed by atoms with E-state index in [1.54, 1.807) is 18.4 Å². The standard InChI is InChI=1S/C17H15NO3/c19-16-14-6-2-1-4-12(14)7-8-15(16)17(20)18-10-9-13-5-3-11-21-13/h1-8,11,19H,9-10H2,(H,18,20). The second kappa shape index (κ2) is 5.71. The summed E-state index contributed by atoms with van der Waals surface area (Å²) in [6, 6.07) is 14.6. The normalized spacial score (nSPS) is 10.7. The molecule has 1 amide bonds. The number of phenolic OH excluding ortho intramolecular Hbond substituents is 1. The minimum absolute atomic E-state index is 0.0172. The number of hydrogen-bond acceptors (Lipinski definition) is 3. The summed E-state index contributed by atoms with van der Waals surface area (Å²) in [7, 11) is 0. The van der Waals surface area contributed by atoms with E-state index in [2.05, 4.69) is 5.32 Å². The number of furan rings is 1. The van der Waals surface area contributed by atoms with E-state index >= 15 is 0 Å². The Kier molecular flexibility index (Phi) is 3.60. The Morgan fingerprint density at radius 2 is 1.95 bits per heavy atom. The molecule has 21 heavy (non-hydrogen) atoms. The fourth-order valence-corrected chi connectivity index (χ4v) is 2.29. The third-order valence-corrected chi connectivity index (χ3v) is 3.38. The molecule has 2 N–H and O–H groups in total. The molecule has 0 bridgehead atoms. The Morgan fingerprint density at radius 1 is 1.10 bits per heavy atom. The van der Waals surface area contributed by atoms with Gasteiger partial charge >= 0.3 is 0 Å². The summed E-state index contributed by atoms with van der Waals surface area (Å²) in [5.41, 5.74) is 0.285. The van der Waals surface area contributed by atoms with Crippen LogP contribution in [0.4, 0.5) is 0 Å². The Hall–Kier alpha value is -2.75. The third kappa shape index (κ3) is 2.74. The summed E-state index contributed by atoms with van der Waals surface area (Å²) in [5.74, 6) is 0.548. The number of phenols is 1. The van der Waals surface area contributed by atoms with Gasteiger partial charge in [0.25, 0.3) is 5.91 Å². The predicted octanol–water partition coefficient (Wildman–Crippen LogP) is 3.11. The first-order valence-electron chi connectivity index (χ1n) is 6.77. The molecule has 0 aliphatic heterocycles. The molecule has 2 aromatic carbocycles. The molecule has 0 aliphatic rings. The van der Waals surface area contributed by atoms with Gasteiger partial charge in [0.05, 0.1) is 11.8 Å². The van der Waals surface area contributed by atoms with Crippen LogP contribution in [0.15, 0.2) is 59.2 Å². The number of aromatic hydroxyl groups is 1. The smallest absolute Gasteiger partial charge is 0.255 e. The molecule has 0 saturated carbocycles. The molecule has 0 radical (unpaired) electrons. The lowest BCUT2D eigenvalue weighted by molar-refractivity contribution is 0.0951. The van der Waals surface area contributed by atoms with E-state index in [1.165, 1.54) is 0 Å². The second-order valence-electron chi connectivity index (χ2n) is 4.77. The van der Waals surface area contributed by atoms with Crippen molar-refractivity contribution in [3.05, 3.63) is 66.1 Å². The summed E-state index contributed by atoms with van der Waals surface area (Å²) in [5, 5.41) is 14.6. The largest absolute Gasteiger partial charge is 0.506 e. The van der Waals surface area contributed by atoms with Crippen LogP contribution < -0.4 is 5.32 Å². The number of hydrogen-bond donors (Lipinski definition) is 2. The van der Waals surface area contributed by atoms with Gasteiger partial charge in [0.1, 0.15) is 11.5 Å². The highest BCUT2D eigenvalue weighted by Crippen LogP contribution is 2.28. The summed E-state index contributed by atoms with van der Waals surface area (Å²) in [4.78, 5) is 12.1. The number of nitrogens with one attached hydrogen (secondary N) is 1. The molecule has 0 fully saturated rings. The van der Waals surface area contributed by atoms with Crippen LogP contribution in [0, 0.1) is 0 Å². The molecular formula is C17H15NO3. The lowest BCUT2D eigenvalue weighted by Crippen LogP contribution is -2.25. The minimum atomic E-state index is -0.287. The van der Waals surface area contributed by atoms with Crippen molar-refractivity contribution in [3.63, 3.8) is 0 Å². The average molecular weight is 281 g/mol. The van der Waals surface area contributed by atoms with Gasteiger partial charge in [-0.1, -0.05) is 30.3 Å². The van der Waals surface area contributed by atoms with E-state index in [0.29, 0.717) is 18.4 Å². The van der Waals surface area contributed by atoms with Crippen LogP contribution in [-0.2, 0) is 6.42 Å². The van der Waals surface area contributed by atoms with Crippen LogP contribution in [0.1, 0.15) is 16.1 Å². The van der Waals surface area contributed by atoms with E-state index in [0.717, 1.165) is 11.1 Å². The van der Waals surface area contributed by atoms with Crippen molar-refractivity contribution >= 4 is 16.7 Å². The van der Waals surface area contributed by atoms with Gasteiger partial charge in [-0.15, -0.1) is 0 Å². The monoisotopic (exact) mass is 281 g/mol. The molecule has 4 nitrogen and oxygen atoms in total. The molecule has 4 heteroatoms. The van der Waals surface area contributed by atoms with E-state index in [4.69, 9.17) is 4.42 Å². The fourth-order valence-electron chi connectivity index (χ4n) is 2.29. The first-order valence-corrected chi connectivity index (χ1v) is 6.77. The van der Waals surface area contributed by atoms with Crippen LogP contribution in [0.5, 0.6) is 5.75 Å².